The van der Waals surface area contributed by atoms with E-state index in [0.717, 1.165) is 5.57 Å². The number of hydrogen-bond acceptors (Lipinski definition) is 6. The number of ether oxygens (including phenoxy) is 3. The van der Waals surface area contributed by atoms with Crippen molar-refractivity contribution in [3.05, 3.63) is 57.4 Å². The van der Waals surface area contributed by atoms with Gasteiger partial charge < -0.3 is 14.2 Å². The molecule has 0 aliphatic carbocycles. The minimum atomic E-state index is -0.730. The first-order valence-corrected chi connectivity index (χ1v) is 8.04. The Kier molecular flexibility index (Phi) is 4.53. The summed E-state index contributed by atoms with van der Waals surface area (Å²) in [4.78, 5) is 11.6. The van der Waals surface area contributed by atoms with Crippen molar-refractivity contribution in [1.82, 2.24) is 9.78 Å². The Hall–Kier alpha value is -3.11. The lowest BCUT2D eigenvalue weighted by Gasteiger charge is -2.37. The van der Waals surface area contributed by atoms with Crippen LogP contribution in [0.1, 0.15) is 25.0 Å². The Labute approximate surface area is 151 Å². The van der Waals surface area contributed by atoms with Crippen LogP contribution >= 0.6 is 0 Å². The summed E-state index contributed by atoms with van der Waals surface area (Å²) in [6, 6.07) is 10.2. The van der Waals surface area contributed by atoms with Crippen LogP contribution in [0.4, 0.5) is 0 Å². The van der Waals surface area contributed by atoms with E-state index in [-0.39, 0.29) is 11.4 Å². The monoisotopic (exact) mass is 353 g/mol. The van der Waals surface area contributed by atoms with E-state index < -0.39 is 5.60 Å². The van der Waals surface area contributed by atoms with Crippen molar-refractivity contribution in [3.8, 4) is 17.7 Å². The molecule has 0 saturated heterocycles. The number of hydrogen-bond donors (Lipinski definition) is 0. The number of nitriles is 1. The van der Waals surface area contributed by atoms with Gasteiger partial charge in [0.1, 0.15) is 11.5 Å². The van der Waals surface area contributed by atoms with Crippen LogP contribution in [0, 0.1) is 11.3 Å². The van der Waals surface area contributed by atoms with Crippen molar-refractivity contribution in [1.29, 1.82) is 5.26 Å². The van der Waals surface area contributed by atoms with Crippen molar-refractivity contribution in [2.24, 2.45) is 7.05 Å². The molecular weight excluding hydrogens is 334 g/mol. The molecular formula is C19H19N3O4. The Bertz CT molecular complexity index is 987. The molecule has 0 saturated carbocycles. The second-order valence-corrected chi connectivity index (χ2v) is 6.28. The SMILES string of the molecule is COCC1(C)Oc2ccc(C#N)cc2C(Oc2ccc(=O)n(C)n2)=C1C. The van der Waals surface area contributed by atoms with Gasteiger partial charge in [0.15, 0.2) is 5.60 Å². The largest absolute Gasteiger partial charge is 0.480 e. The maximum atomic E-state index is 11.6. The van der Waals surface area contributed by atoms with Gasteiger partial charge in [-0.1, -0.05) is 0 Å². The molecule has 0 radical (unpaired) electrons. The molecule has 2 aromatic rings. The topological polar surface area (TPSA) is 86.4 Å². The zero-order valence-electron chi connectivity index (χ0n) is 15.1. The summed E-state index contributed by atoms with van der Waals surface area (Å²) in [6.07, 6.45) is 0. The number of aryl methyl sites for hydroxylation is 1. The molecule has 7 heteroatoms. The Balaban J connectivity index is 2.15. The third-order valence-electron chi connectivity index (χ3n) is 4.38. The fraction of sp³-hybridized carbons (Fsp3) is 0.316. The van der Waals surface area contributed by atoms with E-state index in [9.17, 15) is 10.1 Å². The molecule has 0 fully saturated rings. The highest BCUT2D eigenvalue weighted by Crippen LogP contribution is 2.41. The van der Waals surface area contributed by atoms with Gasteiger partial charge in [-0.2, -0.15) is 5.26 Å². The lowest BCUT2D eigenvalue weighted by atomic mass is 9.90. The molecule has 1 aromatic heterocycles. The highest BCUT2D eigenvalue weighted by Gasteiger charge is 2.38. The van der Waals surface area contributed by atoms with Crippen LogP contribution in [-0.2, 0) is 11.8 Å². The highest BCUT2D eigenvalue weighted by atomic mass is 16.5. The molecule has 1 atom stereocenters. The van der Waals surface area contributed by atoms with Gasteiger partial charge in [0, 0.05) is 31.9 Å². The van der Waals surface area contributed by atoms with Gasteiger partial charge in [-0.15, -0.1) is 5.10 Å². The maximum Gasteiger partial charge on any atom is 0.266 e. The van der Waals surface area contributed by atoms with Crippen molar-refractivity contribution in [3.63, 3.8) is 0 Å². The first kappa shape index (κ1) is 17.7. The summed E-state index contributed by atoms with van der Waals surface area (Å²) >= 11 is 0. The number of nitrogens with zero attached hydrogens (tertiary/aromatic N) is 3. The molecule has 1 aliphatic rings. The van der Waals surface area contributed by atoms with E-state index in [1.165, 1.54) is 16.8 Å². The normalized spacial score (nSPS) is 18.7. The number of methoxy groups -OCH3 is 1. The average molecular weight is 353 g/mol. The van der Waals surface area contributed by atoms with Gasteiger partial charge in [0.25, 0.3) is 5.56 Å². The van der Waals surface area contributed by atoms with Crippen molar-refractivity contribution >= 4 is 5.76 Å². The second-order valence-electron chi connectivity index (χ2n) is 6.28. The summed E-state index contributed by atoms with van der Waals surface area (Å²) < 4.78 is 18.7. The summed E-state index contributed by atoms with van der Waals surface area (Å²) in [5.74, 6) is 1.40. The number of aromatic nitrogens is 2. The summed E-state index contributed by atoms with van der Waals surface area (Å²) in [5.41, 5.74) is 0.992. The molecule has 0 N–H and O–H groups in total. The van der Waals surface area contributed by atoms with Crippen LogP contribution in [0.3, 0.4) is 0 Å². The van der Waals surface area contributed by atoms with E-state index in [2.05, 4.69) is 11.2 Å². The molecule has 2 heterocycles. The fourth-order valence-electron chi connectivity index (χ4n) is 2.81. The van der Waals surface area contributed by atoms with Crippen LogP contribution in [0.2, 0.25) is 0 Å². The summed E-state index contributed by atoms with van der Waals surface area (Å²) in [6.45, 7) is 4.12. The standard InChI is InChI=1S/C19H19N3O4/c1-12-18(25-16-7-8-17(23)22(3)21-16)14-9-13(10-20)5-6-15(14)26-19(12,2)11-24-4/h5-9H,11H2,1-4H3. The van der Waals surface area contributed by atoms with Gasteiger partial charge in [-0.3, -0.25) is 4.79 Å². The van der Waals surface area contributed by atoms with Crippen molar-refractivity contribution < 1.29 is 14.2 Å². The quantitative estimate of drug-likeness (QED) is 0.838. The van der Waals surface area contributed by atoms with Gasteiger partial charge in [0.05, 0.1) is 23.8 Å². The van der Waals surface area contributed by atoms with Crippen LogP contribution in [0.25, 0.3) is 5.76 Å². The third kappa shape index (κ3) is 3.07. The van der Waals surface area contributed by atoms with E-state index in [4.69, 9.17) is 14.2 Å². The van der Waals surface area contributed by atoms with E-state index in [0.29, 0.717) is 29.2 Å². The van der Waals surface area contributed by atoms with Crippen LogP contribution < -0.4 is 15.0 Å². The molecule has 0 amide bonds. The smallest absolute Gasteiger partial charge is 0.266 e. The van der Waals surface area contributed by atoms with Crippen LogP contribution in [0.15, 0.2) is 40.7 Å². The molecule has 1 unspecified atom stereocenters. The Morgan fingerprint density at radius 1 is 1.35 bits per heavy atom. The molecule has 1 aromatic carbocycles. The molecule has 134 valence electrons. The average Bonchev–Trinajstić information content (AvgIpc) is 2.62. The van der Waals surface area contributed by atoms with Gasteiger partial charge in [0.2, 0.25) is 5.88 Å². The summed E-state index contributed by atoms with van der Waals surface area (Å²) in [7, 11) is 3.16. The molecule has 7 nitrogen and oxygen atoms in total. The van der Waals surface area contributed by atoms with Gasteiger partial charge in [-0.25, -0.2) is 4.68 Å². The second kappa shape index (κ2) is 6.65. The molecule has 0 bridgehead atoms. The lowest BCUT2D eigenvalue weighted by Crippen LogP contribution is -2.42. The van der Waals surface area contributed by atoms with Crippen molar-refractivity contribution in [2.75, 3.05) is 13.7 Å². The third-order valence-corrected chi connectivity index (χ3v) is 4.38. The number of fused-ring (bicyclic) bond motifs is 1. The first-order chi connectivity index (χ1) is 12.4. The van der Waals surface area contributed by atoms with E-state index in [1.54, 1.807) is 32.4 Å². The van der Waals surface area contributed by atoms with E-state index >= 15 is 0 Å². The maximum absolute atomic E-state index is 11.6. The minimum absolute atomic E-state index is 0.230. The number of benzene rings is 1. The van der Waals surface area contributed by atoms with E-state index in [1.807, 2.05) is 13.8 Å². The lowest BCUT2D eigenvalue weighted by molar-refractivity contribution is 0.0269. The predicted molar refractivity (Wildman–Crippen MR) is 94.8 cm³/mol. The Morgan fingerprint density at radius 2 is 2.12 bits per heavy atom. The van der Waals surface area contributed by atoms with Crippen molar-refractivity contribution in [2.45, 2.75) is 19.4 Å². The predicted octanol–water partition coefficient (Wildman–Crippen LogP) is 2.26. The molecule has 0 spiro atoms. The zero-order valence-corrected chi connectivity index (χ0v) is 15.1. The van der Waals surface area contributed by atoms with Crippen LogP contribution in [0.5, 0.6) is 11.6 Å². The summed E-state index contributed by atoms with van der Waals surface area (Å²) in [5, 5.41) is 13.3. The molecule has 1 aliphatic heterocycles. The van der Waals surface area contributed by atoms with Gasteiger partial charge >= 0.3 is 0 Å². The molecule has 3 rings (SSSR count). The molecule has 26 heavy (non-hydrogen) atoms. The number of rotatable bonds is 4. The fourth-order valence-corrected chi connectivity index (χ4v) is 2.81. The zero-order chi connectivity index (χ0) is 18.9. The Morgan fingerprint density at radius 3 is 2.77 bits per heavy atom. The first-order valence-electron chi connectivity index (χ1n) is 8.04. The van der Waals surface area contributed by atoms with Gasteiger partial charge in [-0.05, 0) is 32.0 Å². The minimum Gasteiger partial charge on any atom is -0.480 e. The highest BCUT2D eigenvalue weighted by molar-refractivity contribution is 5.74. The van der Waals surface area contributed by atoms with Crippen LogP contribution in [-0.4, -0.2) is 29.1 Å².